The molecular formula is C11H10N6. The lowest BCUT2D eigenvalue weighted by Crippen LogP contribution is -2.34. The third-order valence-electron chi connectivity index (χ3n) is 2.87. The lowest BCUT2D eigenvalue weighted by molar-refractivity contribution is 0.554. The molecule has 3 rings (SSSR count). The Labute approximate surface area is 98.1 Å². The summed E-state index contributed by atoms with van der Waals surface area (Å²) in [7, 11) is 0. The van der Waals surface area contributed by atoms with Crippen molar-refractivity contribution in [3.8, 4) is 6.07 Å². The standard InChI is InChI=1S/C11H10N6/c12-7-9-1-2-14-15-11(9)17-6-5-16-4-3-13-10(16)8-17/h1-4H,5-6,8H2. The molecule has 0 saturated heterocycles. The first kappa shape index (κ1) is 9.78. The molecule has 6 nitrogen and oxygen atoms in total. The zero-order valence-corrected chi connectivity index (χ0v) is 9.11. The van der Waals surface area contributed by atoms with Gasteiger partial charge in [0.1, 0.15) is 11.9 Å². The molecule has 0 saturated carbocycles. The van der Waals surface area contributed by atoms with E-state index in [1.165, 1.54) is 6.20 Å². The van der Waals surface area contributed by atoms with Gasteiger partial charge in [-0.2, -0.15) is 10.4 Å². The molecule has 2 aromatic rings. The van der Waals surface area contributed by atoms with Crippen LogP contribution in [0.4, 0.5) is 5.82 Å². The van der Waals surface area contributed by atoms with Gasteiger partial charge in [-0.3, -0.25) is 0 Å². The first-order valence-electron chi connectivity index (χ1n) is 5.35. The summed E-state index contributed by atoms with van der Waals surface area (Å²) in [5.41, 5.74) is 0.556. The highest BCUT2D eigenvalue weighted by Crippen LogP contribution is 2.20. The fourth-order valence-electron chi connectivity index (χ4n) is 2.00. The van der Waals surface area contributed by atoms with Crippen molar-refractivity contribution in [1.29, 1.82) is 5.26 Å². The highest BCUT2D eigenvalue weighted by Gasteiger charge is 2.20. The van der Waals surface area contributed by atoms with Crippen LogP contribution in [-0.2, 0) is 13.1 Å². The summed E-state index contributed by atoms with van der Waals surface area (Å²) >= 11 is 0. The van der Waals surface area contributed by atoms with Gasteiger partial charge >= 0.3 is 0 Å². The van der Waals surface area contributed by atoms with E-state index in [-0.39, 0.29) is 0 Å². The lowest BCUT2D eigenvalue weighted by atomic mass is 10.2. The van der Waals surface area contributed by atoms with Crippen molar-refractivity contribution in [1.82, 2.24) is 19.7 Å². The molecule has 0 amide bonds. The molecule has 0 N–H and O–H groups in total. The largest absolute Gasteiger partial charge is 0.345 e. The summed E-state index contributed by atoms with van der Waals surface area (Å²) in [5.74, 6) is 1.63. The summed E-state index contributed by atoms with van der Waals surface area (Å²) in [6.45, 7) is 2.34. The van der Waals surface area contributed by atoms with E-state index in [9.17, 15) is 0 Å². The summed E-state index contributed by atoms with van der Waals surface area (Å²) in [6, 6.07) is 3.82. The third kappa shape index (κ3) is 1.61. The van der Waals surface area contributed by atoms with Crippen LogP contribution in [0.2, 0.25) is 0 Å². The van der Waals surface area contributed by atoms with E-state index >= 15 is 0 Å². The van der Waals surface area contributed by atoms with E-state index in [1.54, 1.807) is 12.3 Å². The van der Waals surface area contributed by atoms with Crippen molar-refractivity contribution in [2.75, 3.05) is 11.4 Å². The summed E-state index contributed by atoms with van der Waals surface area (Å²) in [4.78, 5) is 6.31. The number of hydrogen-bond donors (Lipinski definition) is 0. The van der Waals surface area contributed by atoms with Crippen molar-refractivity contribution < 1.29 is 0 Å². The minimum atomic E-state index is 0.556. The molecule has 0 spiro atoms. The van der Waals surface area contributed by atoms with Crippen LogP contribution in [0.1, 0.15) is 11.4 Å². The maximum atomic E-state index is 9.04. The number of anilines is 1. The molecule has 84 valence electrons. The summed E-state index contributed by atoms with van der Waals surface area (Å²) < 4.78 is 2.11. The van der Waals surface area contributed by atoms with Gasteiger partial charge in [-0.1, -0.05) is 0 Å². The Hall–Kier alpha value is -2.42. The second kappa shape index (κ2) is 3.87. The minimum absolute atomic E-state index is 0.556. The van der Waals surface area contributed by atoms with Gasteiger partial charge in [-0.05, 0) is 6.07 Å². The van der Waals surface area contributed by atoms with E-state index in [4.69, 9.17) is 5.26 Å². The first-order chi connectivity index (χ1) is 8.38. The molecule has 0 atom stereocenters. The number of fused-ring (bicyclic) bond motifs is 1. The fourth-order valence-corrected chi connectivity index (χ4v) is 2.00. The molecule has 1 aliphatic heterocycles. The van der Waals surface area contributed by atoms with E-state index < -0.39 is 0 Å². The molecule has 0 fully saturated rings. The maximum absolute atomic E-state index is 9.04. The number of hydrogen-bond acceptors (Lipinski definition) is 5. The average Bonchev–Trinajstić information content (AvgIpc) is 2.85. The monoisotopic (exact) mass is 226 g/mol. The van der Waals surface area contributed by atoms with Crippen LogP contribution in [0.5, 0.6) is 0 Å². The Balaban J connectivity index is 1.95. The molecule has 0 aromatic carbocycles. The van der Waals surface area contributed by atoms with Gasteiger partial charge in [0.15, 0.2) is 5.82 Å². The molecule has 0 bridgehead atoms. The SMILES string of the molecule is N#Cc1ccnnc1N1CCn2ccnc2C1. The molecule has 1 aliphatic rings. The van der Waals surface area contributed by atoms with E-state index in [0.29, 0.717) is 17.9 Å². The van der Waals surface area contributed by atoms with Crippen molar-refractivity contribution in [3.63, 3.8) is 0 Å². The summed E-state index contributed by atoms with van der Waals surface area (Å²) in [5, 5.41) is 16.9. The zero-order chi connectivity index (χ0) is 11.7. The number of aromatic nitrogens is 4. The van der Waals surface area contributed by atoms with Crippen LogP contribution in [0.15, 0.2) is 24.7 Å². The van der Waals surface area contributed by atoms with Crippen LogP contribution in [-0.4, -0.2) is 26.3 Å². The minimum Gasteiger partial charge on any atom is -0.345 e. The van der Waals surface area contributed by atoms with Crippen LogP contribution in [0, 0.1) is 11.3 Å². The fraction of sp³-hybridized carbons (Fsp3) is 0.273. The van der Waals surface area contributed by atoms with Crippen LogP contribution in [0.25, 0.3) is 0 Å². The van der Waals surface area contributed by atoms with Crippen molar-refractivity contribution in [3.05, 3.63) is 36.0 Å². The maximum Gasteiger partial charge on any atom is 0.169 e. The Bertz CT molecular complexity index is 582. The average molecular weight is 226 g/mol. The van der Waals surface area contributed by atoms with E-state index in [0.717, 1.165) is 18.9 Å². The molecular weight excluding hydrogens is 216 g/mol. The Morgan fingerprint density at radius 3 is 3.12 bits per heavy atom. The van der Waals surface area contributed by atoms with Gasteiger partial charge in [0.2, 0.25) is 0 Å². The van der Waals surface area contributed by atoms with Gasteiger partial charge in [0, 0.05) is 25.5 Å². The number of nitriles is 1. The molecule has 17 heavy (non-hydrogen) atoms. The Morgan fingerprint density at radius 1 is 1.29 bits per heavy atom. The molecule has 0 unspecified atom stereocenters. The van der Waals surface area contributed by atoms with Crippen molar-refractivity contribution in [2.24, 2.45) is 0 Å². The predicted molar refractivity (Wildman–Crippen MR) is 60.0 cm³/mol. The van der Waals surface area contributed by atoms with Gasteiger partial charge in [0.05, 0.1) is 18.3 Å². The lowest BCUT2D eigenvalue weighted by Gasteiger charge is -2.28. The third-order valence-corrected chi connectivity index (χ3v) is 2.87. The number of nitrogens with zero attached hydrogens (tertiary/aromatic N) is 6. The van der Waals surface area contributed by atoms with Gasteiger partial charge in [-0.15, -0.1) is 5.10 Å². The van der Waals surface area contributed by atoms with Gasteiger partial charge in [-0.25, -0.2) is 4.98 Å². The highest BCUT2D eigenvalue weighted by molar-refractivity contribution is 5.52. The first-order valence-corrected chi connectivity index (χ1v) is 5.35. The van der Waals surface area contributed by atoms with Gasteiger partial charge in [0.25, 0.3) is 0 Å². The molecule has 0 radical (unpaired) electrons. The van der Waals surface area contributed by atoms with Crippen molar-refractivity contribution in [2.45, 2.75) is 13.1 Å². The second-order valence-corrected chi connectivity index (χ2v) is 3.84. The van der Waals surface area contributed by atoms with E-state index in [2.05, 4.69) is 25.8 Å². The topological polar surface area (TPSA) is 70.6 Å². The zero-order valence-electron chi connectivity index (χ0n) is 9.11. The highest BCUT2D eigenvalue weighted by atomic mass is 15.3. The van der Waals surface area contributed by atoms with Gasteiger partial charge < -0.3 is 9.47 Å². The Morgan fingerprint density at radius 2 is 2.24 bits per heavy atom. The van der Waals surface area contributed by atoms with Crippen LogP contribution >= 0.6 is 0 Å². The van der Waals surface area contributed by atoms with Crippen LogP contribution in [0.3, 0.4) is 0 Å². The molecule has 2 aromatic heterocycles. The number of rotatable bonds is 1. The van der Waals surface area contributed by atoms with Crippen molar-refractivity contribution >= 4 is 5.82 Å². The summed E-state index contributed by atoms with van der Waals surface area (Å²) in [6.07, 6.45) is 5.29. The smallest absolute Gasteiger partial charge is 0.169 e. The normalized spacial score (nSPS) is 14.2. The Kier molecular flexibility index (Phi) is 2.22. The predicted octanol–water partition coefficient (Wildman–Crippen LogP) is 0.565. The second-order valence-electron chi connectivity index (χ2n) is 3.84. The molecule has 3 heterocycles. The molecule has 0 aliphatic carbocycles. The van der Waals surface area contributed by atoms with E-state index in [1.807, 2.05) is 11.1 Å². The quantitative estimate of drug-likeness (QED) is 0.710. The number of imidazole rings is 1. The molecule has 6 heteroatoms. The van der Waals surface area contributed by atoms with Crippen LogP contribution < -0.4 is 4.90 Å².